The molecule has 0 bridgehead atoms. The first-order valence-corrected chi connectivity index (χ1v) is 12.3. The zero-order valence-electron chi connectivity index (χ0n) is 17.5. The second-order valence-electron chi connectivity index (χ2n) is 8.28. The highest BCUT2D eigenvalue weighted by atomic mass is 32.2. The van der Waals surface area contributed by atoms with Crippen LogP contribution in [0, 0.1) is 24.2 Å². The lowest BCUT2D eigenvalue weighted by molar-refractivity contribution is -0.108. The number of anilines is 1. The van der Waals surface area contributed by atoms with Crippen LogP contribution in [0.1, 0.15) is 66.0 Å². The van der Waals surface area contributed by atoms with Gasteiger partial charge in [-0.25, -0.2) is 4.79 Å². The Balaban J connectivity index is 1.74. The Morgan fingerprint density at radius 2 is 1.97 bits per heavy atom. The molecule has 0 saturated heterocycles. The molecule has 0 aromatic carbocycles. The van der Waals surface area contributed by atoms with Crippen LogP contribution in [0.4, 0.5) is 5.69 Å². The molecular weight excluding hydrogens is 438 g/mol. The molecule has 1 amide bonds. The maximum absolute atomic E-state index is 12.0. The molecule has 2 aromatic rings. The van der Waals surface area contributed by atoms with E-state index >= 15 is 0 Å². The standard InChI is InChI=1S/C21H25N3O3S3/c1-13-22-23-20(28-13)30-15-7-5-14(6-8-15)24(12-25)17-11-16(9-10-21(2,3)4)29-18(17)19(26)27/h11-12,14-15H,5-8H2,1-4H3,(H,26,27)/t14-,15-. The van der Waals surface area contributed by atoms with Crippen molar-refractivity contribution in [1.82, 2.24) is 10.2 Å². The molecule has 2 heterocycles. The molecule has 0 unspecified atom stereocenters. The van der Waals surface area contributed by atoms with E-state index in [1.54, 1.807) is 34.1 Å². The van der Waals surface area contributed by atoms with Gasteiger partial charge in [0.15, 0.2) is 4.34 Å². The first kappa shape index (κ1) is 22.8. The third-order valence-corrected chi connectivity index (χ3v) is 7.96. The number of aromatic nitrogens is 2. The fourth-order valence-electron chi connectivity index (χ4n) is 3.29. The molecule has 6 nitrogen and oxygen atoms in total. The number of carboxylic acid groups (broad SMARTS) is 1. The van der Waals surface area contributed by atoms with Crippen molar-refractivity contribution in [3.8, 4) is 11.8 Å². The highest BCUT2D eigenvalue weighted by Crippen LogP contribution is 2.39. The van der Waals surface area contributed by atoms with Crippen LogP contribution in [0.5, 0.6) is 0 Å². The molecule has 1 aliphatic rings. The van der Waals surface area contributed by atoms with E-state index in [1.807, 2.05) is 27.7 Å². The third-order valence-electron chi connectivity index (χ3n) is 4.67. The molecule has 0 aliphatic heterocycles. The second kappa shape index (κ2) is 9.50. The monoisotopic (exact) mass is 463 g/mol. The average Bonchev–Trinajstić information content (AvgIpc) is 3.28. The Hall–Kier alpha value is -1.89. The lowest BCUT2D eigenvalue weighted by atomic mass is 9.93. The number of hydrogen-bond acceptors (Lipinski definition) is 7. The quantitative estimate of drug-likeness (QED) is 0.476. The van der Waals surface area contributed by atoms with Crippen molar-refractivity contribution in [2.75, 3.05) is 4.90 Å². The van der Waals surface area contributed by atoms with Gasteiger partial charge in [0.1, 0.15) is 9.88 Å². The summed E-state index contributed by atoms with van der Waals surface area (Å²) in [6.45, 7) is 7.96. The summed E-state index contributed by atoms with van der Waals surface area (Å²) in [6.07, 6.45) is 4.31. The molecule has 0 atom stereocenters. The van der Waals surface area contributed by atoms with Gasteiger partial charge in [0, 0.05) is 16.7 Å². The Bertz CT molecular complexity index is 973. The molecular formula is C21H25N3O3S3. The van der Waals surface area contributed by atoms with E-state index in [9.17, 15) is 14.7 Å². The van der Waals surface area contributed by atoms with Gasteiger partial charge in [0.05, 0.1) is 10.6 Å². The Kier molecular flexibility index (Phi) is 7.22. The number of rotatable bonds is 6. The zero-order valence-corrected chi connectivity index (χ0v) is 19.9. The van der Waals surface area contributed by atoms with Crippen molar-refractivity contribution in [1.29, 1.82) is 0 Å². The Labute approximate surface area is 189 Å². The van der Waals surface area contributed by atoms with Crippen molar-refractivity contribution in [3.63, 3.8) is 0 Å². The van der Waals surface area contributed by atoms with Gasteiger partial charge in [-0.2, -0.15) is 0 Å². The molecule has 1 N–H and O–H groups in total. The molecule has 2 aromatic heterocycles. The van der Waals surface area contributed by atoms with Gasteiger partial charge in [-0.15, -0.1) is 21.5 Å². The smallest absolute Gasteiger partial charge is 0.348 e. The lowest BCUT2D eigenvalue weighted by Crippen LogP contribution is -2.38. The fraction of sp³-hybridized carbons (Fsp3) is 0.524. The molecule has 160 valence electrons. The second-order valence-corrected chi connectivity index (χ2v) is 12.1. The van der Waals surface area contributed by atoms with Crippen molar-refractivity contribution in [2.24, 2.45) is 5.41 Å². The van der Waals surface area contributed by atoms with E-state index in [0.717, 1.165) is 52.8 Å². The van der Waals surface area contributed by atoms with Gasteiger partial charge in [-0.1, -0.05) is 34.9 Å². The van der Waals surface area contributed by atoms with E-state index in [4.69, 9.17) is 0 Å². The van der Waals surface area contributed by atoms with Gasteiger partial charge in [0.2, 0.25) is 6.41 Å². The van der Waals surface area contributed by atoms with Crippen molar-refractivity contribution >= 4 is 52.5 Å². The third kappa shape index (κ3) is 5.84. The summed E-state index contributed by atoms with van der Waals surface area (Å²) in [7, 11) is 0. The van der Waals surface area contributed by atoms with Crippen LogP contribution in [-0.2, 0) is 4.79 Å². The number of carboxylic acids is 1. The number of hydrogen-bond donors (Lipinski definition) is 1. The fourth-order valence-corrected chi connectivity index (χ4v) is 6.39. The van der Waals surface area contributed by atoms with Crippen molar-refractivity contribution in [3.05, 3.63) is 20.8 Å². The normalized spacial score (nSPS) is 19.1. The lowest BCUT2D eigenvalue weighted by Gasteiger charge is -2.34. The predicted molar refractivity (Wildman–Crippen MR) is 123 cm³/mol. The topological polar surface area (TPSA) is 83.4 Å². The van der Waals surface area contributed by atoms with Crippen LogP contribution in [0.25, 0.3) is 0 Å². The summed E-state index contributed by atoms with van der Waals surface area (Å²) >= 11 is 4.48. The number of aromatic carboxylic acids is 1. The van der Waals surface area contributed by atoms with Crippen molar-refractivity contribution in [2.45, 2.75) is 69.0 Å². The molecule has 1 saturated carbocycles. The minimum absolute atomic E-state index is 0.00775. The summed E-state index contributed by atoms with van der Waals surface area (Å²) in [4.78, 5) is 26.2. The van der Waals surface area contributed by atoms with E-state index in [1.165, 1.54) is 0 Å². The number of nitrogens with zero attached hydrogens (tertiary/aromatic N) is 3. The van der Waals surface area contributed by atoms with Crippen LogP contribution >= 0.6 is 34.4 Å². The van der Waals surface area contributed by atoms with Crippen LogP contribution in [0.15, 0.2) is 10.4 Å². The maximum Gasteiger partial charge on any atom is 0.348 e. The van der Waals surface area contributed by atoms with E-state index in [2.05, 4.69) is 22.0 Å². The number of aryl methyl sites for hydroxylation is 1. The minimum Gasteiger partial charge on any atom is -0.477 e. The van der Waals surface area contributed by atoms with Gasteiger partial charge in [-0.3, -0.25) is 4.79 Å². The summed E-state index contributed by atoms with van der Waals surface area (Å²) in [5.41, 5.74) is 0.274. The molecule has 1 fully saturated rings. The zero-order chi connectivity index (χ0) is 21.9. The molecule has 9 heteroatoms. The van der Waals surface area contributed by atoms with Gasteiger partial charge in [-0.05, 0) is 59.4 Å². The van der Waals surface area contributed by atoms with Gasteiger partial charge < -0.3 is 10.0 Å². The number of thiophene rings is 1. The largest absolute Gasteiger partial charge is 0.477 e. The van der Waals surface area contributed by atoms with Crippen LogP contribution in [-0.4, -0.2) is 39.0 Å². The Morgan fingerprint density at radius 1 is 1.27 bits per heavy atom. The molecule has 30 heavy (non-hydrogen) atoms. The summed E-state index contributed by atoms with van der Waals surface area (Å²) in [6, 6.07) is 1.73. The number of carbonyl (C=O) groups excluding carboxylic acids is 1. The van der Waals surface area contributed by atoms with E-state index < -0.39 is 5.97 Å². The molecule has 0 radical (unpaired) electrons. The highest BCUT2D eigenvalue weighted by Gasteiger charge is 2.30. The van der Waals surface area contributed by atoms with Gasteiger partial charge >= 0.3 is 5.97 Å². The predicted octanol–water partition coefficient (Wildman–Crippen LogP) is 5.07. The first-order chi connectivity index (χ1) is 14.2. The number of thioether (sulfide) groups is 1. The first-order valence-electron chi connectivity index (χ1n) is 9.77. The summed E-state index contributed by atoms with van der Waals surface area (Å²) < 4.78 is 0.983. The molecule has 3 rings (SSSR count). The molecule has 0 spiro atoms. The van der Waals surface area contributed by atoms with Crippen LogP contribution < -0.4 is 4.90 Å². The SMILES string of the molecule is Cc1nnc(S[C@H]2CC[C@H](N(C=O)c3cc(C#CC(C)(C)C)sc3C(=O)O)CC2)s1. The average molecular weight is 464 g/mol. The van der Waals surface area contributed by atoms with Crippen LogP contribution in [0.2, 0.25) is 0 Å². The van der Waals surface area contributed by atoms with E-state index in [-0.39, 0.29) is 16.3 Å². The Morgan fingerprint density at radius 3 is 2.50 bits per heavy atom. The van der Waals surface area contributed by atoms with Crippen molar-refractivity contribution < 1.29 is 14.7 Å². The summed E-state index contributed by atoms with van der Waals surface area (Å²) in [5, 5.41) is 19.3. The number of amides is 1. The summed E-state index contributed by atoms with van der Waals surface area (Å²) in [5.74, 6) is 5.17. The van der Waals surface area contributed by atoms with Gasteiger partial charge in [0.25, 0.3) is 0 Å². The highest BCUT2D eigenvalue weighted by molar-refractivity contribution is 8.01. The minimum atomic E-state index is -1.03. The van der Waals surface area contributed by atoms with E-state index in [0.29, 0.717) is 15.8 Å². The van der Waals surface area contributed by atoms with Crippen LogP contribution in [0.3, 0.4) is 0 Å². The maximum atomic E-state index is 12.0. The molecule has 1 aliphatic carbocycles. The number of carbonyl (C=O) groups is 2.